The van der Waals surface area contributed by atoms with Crippen molar-refractivity contribution in [2.24, 2.45) is 5.10 Å². The molecule has 0 spiro atoms. The quantitative estimate of drug-likeness (QED) is 0.592. The van der Waals surface area contributed by atoms with Crippen LogP contribution in [0, 0.1) is 4.77 Å². The van der Waals surface area contributed by atoms with Gasteiger partial charge in [0.2, 0.25) is 4.77 Å². The second kappa shape index (κ2) is 8.47. The Hall–Kier alpha value is -2.15. The zero-order chi connectivity index (χ0) is 16.7. The Kier molecular flexibility index (Phi) is 6.34. The fourth-order valence-corrected chi connectivity index (χ4v) is 2.31. The summed E-state index contributed by atoms with van der Waals surface area (Å²) in [5.41, 5.74) is 0.862. The number of nitrogens with one attached hydrogen (secondary N) is 1. The Bertz CT molecular complexity index is 721. The standard InChI is InChI=1S/C16H22N4O2S/c1-4-7-15-18-19-16(23)20(15)17-11-12-8-9-13(21-5-2)10-14(12)22-6-3/h8-11H,4-7H2,1-3H3,(H,19,23)/b17-11-. The minimum absolute atomic E-state index is 0.480. The monoisotopic (exact) mass is 334 g/mol. The maximum Gasteiger partial charge on any atom is 0.216 e. The van der Waals surface area contributed by atoms with E-state index >= 15 is 0 Å². The van der Waals surface area contributed by atoms with E-state index in [1.54, 1.807) is 10.9 Å². The molecule has 6 nitrogen and oxygen atoms in total. The largest absolute Gasteiger partial charge is 0.494 e. The lowest BCUT2D eigenvalue weighted by Crippen LogP contribution is -2.01. The number of rotatable bonds is 8. The van der Waals surface area contributed by atoms with E-state index in [1.165, 1.54) is 0 Å². The van der Waals surface area contributed by atoms with Gasteiger partial charge >= 0.3 is 0 Å². The van der Waals surface area contributed by atoms with Crippen molar-refractivity contribution < 1.29 is 9.47 Å². The first-order valence-corrected chi connectivity index (χ1v) is 8.20. The maximum atomic E-state index is 5.67. The molecule has 0 unspecified atom stereocenters. The van der Waals surface area contributed by atoms with Crippen LogP contribution in [-0.2, 0) is 6.42 Å². The van der Waals surface area contributed by atoms with Gasteiger partial charge in [0, 0.05) is 18.1 Å². The maximum absolute atomic E-state index is 5.67. The molecular weight excluding hydrogens is 312 g/mol. The predicted octanol–water partition coefficient (Wildman–Crippen LogP) is 3.57. The minimum Gasteiger partial charge on any atom is -0.494 e. The van der Waals surface area contributed by atoms with E-state index in [1.807, 2.05) is 32.0 Å². The number of H-pyrrole nitrogens is 1. The van der Waals surface area contributed by atoms with Crippen LogP contribution < -0.4 is 9.47 Å². The SMILES string of the molecule is CCCc1n[nH]c(=S)n1/N=C\c1ccc(OCC)cc1OCC. The van der Waals surface area contributed by atoms with Crippen LogP contribution >= 0.6 is 12.2 Å². The van der Waals surface area contributed by atoms with Crippen molar-refractivity contribution in [2.45, 2.75) is 33.6 Å². The molecule has 1 aromatic carbocycles. The summed E-state index contributed by atoms with van der Waals surface area (Å²) in [6.07, 6.45) is 3.51. The second-order valence-corrected chi connectivity index (χ2v) is 5.20. The van der Waals surface area contributed by atoms with Crippen LogP contribution in [-0.4, -0.2) is 34.3 Å². The normalized spacial score (nSPS) is 11.1. The first kappa shape index (κ1) is 17.2. The summed E-state index contributed by atoms with van der Waals surface area (Å²) >= 11 is 5.22. The Morgan fingerprint density at radius 3 is 2.74 bits per heavy atom. The van der Waals surface area contributed by atoms with Crippen LogP contribution in [0.3, 0.4) is 0 Å². The summed E-state index contributed by atoms with van der Waals surface area (Å²) in [5, 5.41) is 11.4. The summed E-state index contributed by atoms with van der Waals surface area (Å²) in [5.74, 6) is 2.33. The molecule has 0 aliphatic carbocycles. The molecular formula is C16H22N4O2S. The van der Waals surface area contributed by atoms with Gasteiger partial charge in [0.1, 0.15) is 11.5 Å². The van der Waals surface area contributed by atoms with Gasteiger partial charge in [-0.3, -0.25) is 5.10 Å². The third-order valence-electron chi connectivity index (χ3n) is 3.10. The average molecular weight is 334 g/mol. The topological polar surface area (TPSA) is 64.4 Å². The number of aromatic amines is 1. The molecule has 1 N–H and O–H groups in total. The van der Waals surface area contributed by atoms with Crippen molar-refractivity contribution >= 4 is 18.4 Å². The van der Waals surface area contributed by atoms with Gasteiger partial charge < -0.3 is 9.47 Å². The molecule has 0 saturated heterocycles. The average Bonchev–Trinajstić information content (AvgIpc) is 2.88. The van der Waals surface area contributed by atoms with Crippen molar-refractivity contribution in [2.75, 3.05) is 13.2 Å². The number of hydrogen-bond donors (Lipinski definition) is 1. The van der Waals surface area contributed by atoms with Gasteiger partial charge in [0.25, 0.3) is 0 Å². The van der Waals surface area contributed by atoms with Gasteiger partial charge in [-0.1, -0.05) is 6.92 Å². The van der Waals surface area contributed by atoms with Crippen LogP contribution in [0.4, 0.5) is 0 Å². The van der Waals surface area contributed by atoms with Crippen molar-refractivity contribution in [1.82, 2.24) is 14.9 Å². The number of benzene rings is 1. The fourth-order valence-electron chi connectivity index (χ4n) is 2.11. The Balaban J connectivity index is 2.31. The Labute approximate surface area is 141 Å². The first-order valence-electron chi connectivity index (χ1n) is 7.79. The molecule has 0 saturated carbocycles. The lowest BCUT2D eigenvalue weighted by Gasteiger charge is -2.10. The molecule has 2 rings (SSSR count). The first-order chi connectivity index (χ1) is 11.2. The third-order valence-corrected chi connectivity index (χ3v) is 3.36. The van der Waals surface area contributed by atoms with E-state index < -0.39 is 0 Å². The molecule has 7 heteroatoms. The summed E-state index contributed by atoms with van der Waals surface area (Å²) in [4.78, 5) is 0. The van der Waals surface area contributed by atoms with Crippen molar-refractivity contribution in [3.63, 3.8) is 0 Å². The highest BCUT2D eigenvalue weighted by atomic mass is 32.1. The van der Waals surface area contributed by atoms with Crippen LogP contribution in [0.1, 0.15) is 38.6 Å². The second-order valence-electron chi connectivity index (χ2n) is 4.82. The van der Waals surface area contributed by atoms with Crippen molar-refractivity contribution in [3.8, 4) is 11.5 Å². The van der Waals surface area contributed by atoms with Gasteiger partial charge in [-0.15, -0.1) is 0 Å². The van der Waals surface area contributed by atoms with Crippen LogP contribution in [0.5, 0.6) is 11.5 Å². The van der Waals surface area contributed by atoms with E-state index in [-0.39, 0.29) is 0 Å². The molecule has 0 bridgehead atoms. The lowest BCUT2D eigenvalue weighted by molar-refractivity contribution is 0.323. The number of aromatic nitrogens is 3. The van der Waals surface area contributed by atoms with Crippen LogP contribution in [0.15, 0.2) is 23.3 Å². The zero-order valence-electron chi connectivity index (χ0n) is 13.7. The van der Waals surface area contributed by atoms with E-state index in [2.05, 4.69) is 22.2 Å². The summed E-state index contributed by atoms with van der Waals surface area (Å²) in [7, 11) is 0. The van der Waals surface area contributed by atoms with Crippen LogP contribution in [0.25, 0.3) is 0 Å². The molecule has 1 heterocycles. The van der Waals surface area contributed by atoms with Gasteiger partial charge in [0.15, 0.2) is 5.82 Å². The highest BCUT2D eigenvalue weighted by Crippen LogP contribution is 2.24. The molecule has 0 aliphatic heterocycles. The van der Waals surface area contributed by atoms with Crippen molar-refractivity contribution in [1.29, 1.82) is 0 Å². The van der Waals surface area contributed by atoms with Gasteiger partial charge in [-0.05, 0) is 44.6 Å². The smallest absolute Gasteiger partial charge is 0.216 e. The lowest BCUT2D eigenvalue weighted by atomic mass is 10.2. The molecule has 124 valence electrons. The molecule has 0 radical (unpaired) electrons. The highest BCUT2D eigenvalue weighted by molar-refractivity contribution is 7.71. The number of nitrogens with zero attached hydrogens (tertiary/aromatic N) is 3. The fraction of sp³-hybridized carbons (Fsp3) is 0.438. The molecule has 0 amide bonds. The number of aryl methyl sites for hydroxylation is 1. The molecule has 2 aromatic rings. The highest BCUT2D eigenvalue weighted by Gasteiger charge is 2.06. The molecule has 23 heavy (non-hydrogen) atoms. The van der Waals surface area contributed by atoms with Crippen LogP contribution in [0.2, 0.25) is 0 Å². The Morgan fingerprint density at radius 2 is 2.04 bits per heavy atom. The Morgan fingerprint density at radius 1 is 1.26 bits per heavy atom. The zero-order valence-corrected chi connectivity index (χ0v) is 14.5. The van der Waals surface area contributed by atoms with E-state index in [4.69, 9.17) is 21.7 Å². The van der Waals surface area contributed by atoms with E-state index in [9.17, 15) is 0 Å². The summed E-state index contributed by atoms with van der Waals surface area (Å²) in [6.45, 7) is 7.17. The molecule has 0 fully saturated rings. The van der Waals surface area contributed by atoms with Crippen molar-refractivity contribution in [3.05, 3.63) is 34.4 Å². The van der Waals surface area contributed by atoms with Gasteiger partial charge in [-0.2, -0.15) is 14.9 Å². The number of hydrogen-bond acceptors (Lipinski definition) is 5. The van der Waals surface area contributed by atoms with Gasteiger partial charge in [-0.25, -0.2) is 0 Å². The third kappa shape index (κ3) is 4.41. The minimum atomic E-state index is 0.480. The number of ether oxygens (including phenoxy) is 2. The molecule has 1 aromatic heterocycles. The van der Waals surface area contributed by atoms with E-state index in [0.29, 0.717) is 18.0 Å². The van der Waals surface area contributed by atoms with E-state index in [0.717, 1.165) is 35.7 Å². The predicted molar refractivity (Wildman–Crippen MR) is 93.2 cm³/mol. The summed E-state index contributed by atoms with van der Waals surface area (Å²) < 4.78 is 13.3. The molecule has 0 atom stereocenters. The molecule has 0 aliphatic rings. The van der Waals surface area contributed by atoms with Gasteiger partial charge in [0.05, 0.1) is 19.4 Å². The summed E-state index contributed by atoms with van der Waals surface area (Å²) in [6, 6.07) is 5.69.